The maximum atomic E-state index is 5.77. The van der Waals surface area contributed by atoms with E-state index in [1.54, 1.807) is 14.2 Å². The summed E-state index contributed by atoms with van der Waals surface area (Å²) < 4.78 is 11.4. The normalized spacial score (nSPS) is 16.0. The van der Waals surface area contributed by atoms with Crippen molar-refractivity contribution in [3.8, 4) is 11.5 Å². The van der Waals surface area contributed by atoms with Gasteiger partial charge in [0.1, 0.15) is 11.5 Å². The van der Waals surface area contributed by atoms with Gasteiger partial charge in [-0.25, -0.2) is 0 Å². The van der Waals surface area contributed by atoms with Crippen molar-refractivity contribution in [2.24, 2.45) is 0 Å². The summed E-state index contributed by atoms with van der Waals surface area (Å²) in [6.07, 6.45) is 0.933. The highest BCUT2D eigenvalue weighted by molar-refractivity contribution is 5.54. The molecule has 1 aliphatic rings. The highest BCUT2D eigenvalue weighted by Gasteiger charge is 2.33. The third-order valence-corrected chi connectivity index (χ3v) is 5.41. The topological polar surface area (TPSA) is 30.5 Å². The molecule has 0 fully saturated rings. The molecule has 0 aliphatic carbocycles. The Labute approximate surface area is 161 Å². The molecule has 0 radical (unpaired) electrons. The molecule has 0 saturated heterocycles. The summed E-state index contributed by atoms with van der Waals surface area (Å²) in [4.78, 5) is 0. The van der Waals surface area contributed by atoms with E-state index in [4.69, 9.17) is 9.47 Å². The number of fused-ring (bicyclic) bond motifs is 1. The zero-order valence-electron chi connectivity index (χ0n) is 15.8. The second-order valence-electron chi connectivity index (χ2n) is 6.84. The van der Waals surface area contributed by atoms with Crippen LogP contribution in [-0.2, 0) is 6.42 Å². The lowest BCUT2D eigenvalue weighted by molar-refractivity contribution is 0.368. The summed E-state index contributed by atoms with van der Waals surface area (Å²) in [7, 11) is 3.48. The van der Waals surface area contributed by atoms with Crippen LogP contribution in [0.3, 0.4) is 0 Å². The molecule has 0 amide bonds. The largest absolute Gasteiger partial charge is 0.496 e. The molecule has 3 aromatic carbocycles. The number of benzene rings is 3. The maximum absolute atomic E-state index is 5.77. The average molecular weight is 359 g/mol. The van der Waals surface area contributed by atoms with Gasteiger partial charge in [-0.05, 0) is 36.2 Å². The molecule has 0 saturated carbocycles. The van der Waals surface area contributed by atoms with E-state index in [0.29, 0.717) is 0 Å². The molecule has 0 bridgehead atoms. The second kappa shape index (κ2) is 7.85. The standard InChI is InChI=1S/C24H25NO2/c1-26-20-13-14-21(27-2)23-19(20)15-16-25-24(23)22(17-9-5-3-6-10-17)18-11-7-4-8-12-18/h3-14,22,24-25H,15-16H2,1-2H3/t24-/m0/s1. The molecule has 27 heavy (non-hydrogen) atoms. The molecule has 0 unspecified atom stereocenters. The van der Waals surface area contributed by atoms with Crippen LogP contribution >= 0.6 is 0 Å². The average Bonchev–Trinajstić information content (AvgIpc) is 2.75. The summed E-state index contributed by atoms with van der Waals surface area (Å²) >= 11 is 0. The van der Waals surface area contributed by atoms with Crippen LogP contribution in [0.1, 0.15) is 34.2 Å². The van der Waals surface area contributed by atoms with Crippen LogP contribution in [-0.4, -0.2) is 20.8 Å². The fourth-order valence-electron chi connectivity index (χ4n) is 4.23. The fourth-order valence-corrected chi connectivity index (χ4v) is 4.23. The molecule has 4 rings (SSSR count). The van der Waals surface area contributed by atoms with Crippen LogP contribution in [0, 0.1) is 0 Å². The lowest BCUT2D eigenvalue weighted by Crippen LogP contribution is -2.35. The van der Waals surface area contributed by atoms with E-state index >= 15 is 0 Å². The Bertz CT molecular complexity index is 854. The summed E-state index contributed by atoms with van der Waals surface area (Å²) in [5, 5.41) is 3.76. The SMILES string of the molecule is COc1ccc(OC)c2c1CCN[C@H]2C(c1ccccc1)c1ccccc1. The number of hydrogen-bond donors (Lipinski definition) is 1. The number of ether oxygens (including phenoxy) is 2. The third kappa shape index (κ3) is 3.31. The monoisotopic (exact) mass is 359 g/mol. The number of methoxy groups -OCH3 is 2. The van der Waals surface area contributed by atoms with Gasteiger partial charge in [0.15, 0.2) is 0 Å². The van der Waals surface area contributed by atoms with E-state index in [2.05, 4.69) is 66.0 Å². The minimum absolute atomic E-state index is 0.114. The van der Waals surface area contributed by atoms with Gasteiger partial charge in [0.25, 0.3) is 0 Å². The molecule has 3 nitrogen and oxygen atoms in total. The maximum Gasteiger partial charge on any atom is 0.124 e. The number of rotatable bonds is 5. The molecule has 1 atom stereocenters. The van der Waals surface area contributed by atoms with Crippen molar-refractivity contribution in [3.63, 3.8) is 0 Å². The zero-order valence-corrected chi connectivity index (χ0v) is 15.8. The predicted molar refractivity (Wildman–Crippen MR) is 109 cm³/mol. The van der Waals surface area contributed by atoms with Gasteiger partial charge in [0, 0.05) is 23.1 Å². The van der Waals surface area contributed by atoms with Gasteiger partial charge >= 0.3 is 0 Å². The van der Waals surface area contributed by atoms with Crippen molar-refractivity contribution < 1.29 is 9.47 Å². The van der Waals surface area contributed by atoms with E-state index in [1.807, 2.05) is 12.1 Å². The highest BCUT2D eigenvalue weighted by Crippen LogP contribution is 2.45. The van der Waals surface area contributed by atoms with Crippen LogP contribution in [0.15, 0.2) is 72.8 Å². The Hall–Kier alpha value is -2.78. The highest BCUT2D eigenvalue weighted by atomic mass is 16.5. The molecular weight excluding hydrogens is 334 g/mol. The first-order chi connectivity index (χ1) is 13.3. The van der Waals surface area contributed by atoms with Gasteiger partial charge < -0.3 is 14.8 Å². The lowest BCUT2D eigenvalue weighted by atomic mass is 9.78. The minimum Gasteiger partial charge on any atom is -0.496 e. The van der Waals surface area contributed by atoms with Gasteiger partial charge in [-0.2, -0.15) is 0 Å². The Balaban J connectivity index is 1.91. The van der Waals surface area contributed by atoms with E-state index in [9.17, 15) is 0 Å². The Morgan fingerprint density at radius 2 is 1.33 bits per heavy atom. The summed E-state index contributed by atoms with van der Waals surface area (Å²) in [6.45, 7) is 0.914. The lowest BCUT2D eigenvalue weighted by Gasteiger charge is -2.35. The molecule has 0 spiro atoms. The van der Waals surface area contributed by atoms with Crippen LogP contribution in [0.25, 0.3) is 0 Å². The van der Waals surface area contributed by atoms with Crippen LogP contribution in [0.5, 0.6) is 11.5 Å². The van der Waals surface area contributed by atoms with Gasteiger partial charge in [0.05, 0.1) is 14.2 Å². The van der Waals surface area contributed by atoms with Crippen molar-refractivity contribution >= 4 is 0 Å². The Morgan fingerprint density at radius 3 is 1.89 bits per heavy atom. The van der Waals surface area contributed by atoms with Gasteiger partial charge in [0.2, 0.25) is 0 Å². The smallest absolute Gasteiger partial charge is 0.124 e. The first kappa shape index (κ1) is 17.6. The van der Waals surface area contributed by atoms with Crippen molar-refractivity contribution in [1.82, 2.24) is 5.32 Å². The number of hydrogen-bond acceptors (Lipinski definition) is 3. The Kier molecular flexibility index (Phi) is 5.12. The summed E-state index contributed by atoms with van der Waals surface area (Å²) in [6, 6.07) is 25.6. The minimum atomic E-state index is 0.114. The molecule has 138 valence electrons. The van der Waals surface area contributed by atoms with Gasteiger partial charge in [-0.1, -0.05) is 60.7 Å². The molecule has 3 aromatic rings. The van der Waals surface area contributed by atoms with E-state index in [-0.39, 0.29) is 12.0 Å². The molecule has 1 N–H and O–H groups in total. The first-order valence-electron chi connectivity index (χ1n) is 9.40. The van der Waals surface area contributed by atoms with Crippen molar-refractivity contribution in [3.05, 3.63) is 95.1 Å². The van der Waals surface area contributed by atoms with E-state index in [1.165, 1.54) is 22.3 Å². The molecule has 1 aliphatic heterocycles. The van der Waals surface area contributed by atoms with Crippen LogP contribution < -0.4 is 14.8 Å². The predicted octanol–water partition coefficient (Wildman–Crippen LogP) is 4.72. The Morgan fingerprint density at radius 1 is 0.778 bits per heavy atom. The summed E-state index contributed by atoms with van der Waals surface area (Å²) in [5.74, 6) is 2.05. The molecule has 0 aromatic heterocycles. The van der Waals surface area contributed by atoms with Crippen LogP contribution in [0.2, 0.25) is 0 Å². The molecule has 1 heterocycles. The fraction of sp³-hybridized carbons (Fsp3) is 0.250. The second-order valence-corrected chi connectivity index (χ2v) is 6.84. The zero-order chi connectivity index (χ0) is 18.6. The number of nitrogens with one attached hydrogen (secondary N) is 1. The summed E-state index contributed by atoms with van der Waals surface area (Å²) in [5.41, 5.74) is 5.04. The van der Waals surface area contributed by atoms with E-state index in [0.717, 1.165) is 24.5 Å². The first-order valence-corrected chi connectivity index (χ1v) is 9.40. The van der Waals surface area contributed by atoms with Gasteiger partial charge in [-0.15, -0.1) is 0 Å². The van der Waals surface area contributed by atoms with Crippen molar-refractivity contribution in [2.45, 2.75) is 18.4 Å². The quantitative estimate of drug-likeness (QED) is 0.715. The molecular formula is C24H25NO2. The van der Waals surface area contributed by atoms with Gasteiger partial charge in [-0.3, -0.25) is 0 Å². The van der Waals surface area contributed by atoms with Crippen LogP contribution in [0.4, 0.5) is 0 Å². The molecule has 3 heteroatoms. The van der Waals surface area contributed by atoms with E-state index < -0.39 is 0 Å². The van der Waals surface area contributed by atoms with Crippen molar-refractivity contribution in [2.75, 3.05) is 20.8 Å². The third-order valence-electron chi connectivity index (χ3n) is 5.41. The van der Waals surface area contributed by atoms with Crippen molar-refractivity contribution in [1.29, 1.82) is 0 Å².